The Morgan fingerprint density at radius 3 is 2.65 bits per heavy atom. The van der Waals surface area contributed by atoms with Crippen LogP contribution < -0.4 is 4.74 Å². The molecule has 0 spiro atoms. The van der Waals surface area contributed by atoms with E-state index >= 15 is 0 Å². The van der Waals surface area contributed by atoms with E-state index in [1.165, 1.54) is 0 Å². The summed E-state index contributed by atoms with van der Waals surface area (Å²) in [6.45, 7) is 0.612. The van der Waals surface area contributed by atoms with E-state index in [4.69, 9.17) is 27.9 Å². The van der Waals surface area contributed by atoms with Gasteiger partial charge < -0.3 is 4.74 Å². The first-order valence-electron chi connectivity index (χ1n) is 6.12. The van der Waals surface area contributed by atoms with Gasteiger partial charge in [0.05, 0.1) is 34.6 Å². The lowest BCUT2D eigenvalue weighted by Crippen LogP contribution is -2.01. The van der Waals surface area contributed by atoms with Gasteiger partial charge in [-0.3, -0.25) is 4.68 Å². The van der Waals surface area contributed by atoms with Crippen LogP contribution in [-0.4, -0.2) is 16.9 Å². The van der Waals surface area contributed by atoms with Gasteiger partial charge in [-0.1, -0.05) is 41.4 Å². The molecule has 0 saturated heterocycles. The predicted octanol–water partition coefficient (Wildman–Crippen LogP) is 4.40. The van der Waals surface area contributed by atoms with Crippen molar-refractivity contribution >= 4 is 34.1 Å². The lowest BCUT2D eigenvalue weighted by molar-refractivity contribution is 0.394. The van der Waals surface area contributed by atoms with Crippen LogP contribution in [0.15, 0.2) is 42.5 Å². The molecule has 0 aliphatic rings. The summed E-state index contributed by atoms with van der Waals surface area (Å²) in [6.07, 6.45) is 0. The molecule has 102 valence electrons. The first-order valence-corrected chi connectivity index (χ1v) is 6.88. The highest BCUT2D eigenvalue weighted by Crippen LogP contribution is 2.27. The lowest BCUT2D eigenvalue weighted by Gasteiger charge is -2.05. The minimum Gasteiger partial charge on any atom is -0.479 e. The largest absolute Gasteiger partial charge is 0.479 e. The van der Waals surface area contributed by atoms with Crippen molar-refractivity contribution < 1.29 is 4.74 Å². The molecule has 0 radical (unpaired) electrons. The number of halogens is 2. The van der Waals surface area contributed by atoms with Gasteiger partial charge >= 0.3 is 0 Å². The summed E-state index contributed by atoms with van der Waals surface area (Å²) in [6, 6.07) is 13.5. The normalized spacial score (nSPS) is 10.9. The van der Waals surface area contributed by atoms with Crippen LogP contribution in [0.2, 0.25) is 10.0 Å². The van der Waals surface area contributed by atoms with Gasteiger partial charge in [0.1, 0.15) is 0 Å². The van der Waals surface area contributed by atoms with Crippen LogP contribution in [0.25, 0.3) is 10.9 Å². The van der Waals surface area contributed by atoms with Crippen LogP contribution in [-0.2, 0) is 6.54 Å². The van der Waals surface area contributed by atoms with Gasteiger partial charge in [0.2, 0.25) is 5.88 Å². The Morgan fingerprint density at radius 2 is 1.90 bits per heavy atom. The van der Waals surface area contributed by atoms with Crippen molar-refractivity contribution in [3.63, 3.8) is 0 Å². The summed E-state index contributed by atoms with van der Waals surface area (Å²) in [4.78, 5) is 0. The number of hydrogen-bond acceptors (Lipinski definition) is 2. The zero-order valence-electron chi connectivity index (χ0n) is 10.8. The molecule has 2 aromatic carbocycles. The van der Waals surface area contributed by atoms with Gasteiger partial charge in [-0.2, -0.15) is 0 Å². The maximum atomic E-state index is 6.04. The van der Waals surface area contributed by atoms with E-state index in [2.05, 4.69) is 5.10 Å². The maximum absolute atomic E-state index is 6.04. The average molecular weight is 307 g/mol. The van der Waals surface area contributed by atoms with Crippen LogP contribution in [0.5, 0.6) is 5.88 Å². The zero-order valence-corrected chi connectivity index (χ0v) is 12.3. The highest BCUT2D eigenvalue weighted by atomic mass is 35.5. The van der Waals surface area contributed by atoms with Crippen molar-refractivity contribution in [1.29, 1.82) is 0 Å². The van der Waals surface area contributed by atoms with Gasteiger partial charge in [-0.15, -0.1) is 5.10 Å². The Labute approximate surface area is 126 Å². The number of ether oxygens (including phenoxy) is 1. The Balaban J connectivity index is 2.04. The van der Waals surface area contributed by atoms with Crippen molar-refractivity contribution in [3.8, 4) is 5.88 Å². The standard InChI is InChI=1S/C15H12Cl2N2O/c1-20-15-11-4-2-3-5-14(11)19(18-15)9-10-6-7-12(16)13(17)8-10/h2-8H,9H2,1H3. The summed E-state index contributed by atoms with van der Waals surface area (Å²) in [5, 5.41) is 6.57. The smallest absolute Gasteiger partial charge is 0.240 e. The second kappa shape index (κ2) is 5.35. The minimum absolute atomic E-state index is 0.549. The zero-order chi connectivity index (χ0) is 14.1. The number of hydrogen-bond donors (Lipinski definition) is 0. The van der Waals surface area contributed by atoms with Gasteiger partial charge in [0, 0.05) is 0 Å². The first kappa shape index (κ1) is 13.3. The Kier molecular flexibility index (Phi) is 3.55. The monoisotopic (exact) mass is 306 g/mol. The number of nitrogens with zero attached hydrogens (tertiary/aromatic N) is 2. The number of fused-ring (bicyclic) bond motifs is 1. The van der Waals surface area contributed by atoms with Crippen LogP contribution in [0.1, 0.15) is 5.56 Å². The van der Waals surface area contributed by atoms with Gasteiger partial charge in [0.25, 0.3) is 0 Å². The third kappa shape index (κ3) is 2.35. The van der Waals surface area contributed by atoms with Gasteiger partial charge in [0.15, 0.2) is 0 Å². The summed E-state index contributed by atoms with van der Waals surface area (Å²) in [5.74, 6) is 0.626. The number of para-hydroxylation sites is 1. The molecule has 0 unspecified atom stereocenters. The van der Waals surface area contributed by atoms with E-state index in [0.29, 0.717) is 22.5 Å². The molecule has 0 amide bonds. The quantitative estimate of drug-likeness (QED) is 0.717. The number of aromatic nitrogens is 2. The maximum Gasteiger partial charge on any atom is 0.240 e. The summed E-state index contributed by atoms with van der Waals surface area (Å²) in [7, 11) is 1.62. The topological polar surface area (TPSA) is 27.1 Å². The molecule has 3 nitrogen and oxygen atoms in total. The highest BCUT2D eigenvalue weighted by Gasteiger charge is 2.10. The summed E-state index contributed by atoms with van der Waals surface area (Å²) >= 11 is 12.0. The number of benzene rings is 2. The molecule has 0 aliphatic heterocycles. The minimum atomic E-state index is 0.549. The van der Waals surface area contributed by atoms with Crippen LogP contribution >= 0.6 is 23.2 Å². The second-order valence-corrected chi connectivity index (χ2v) is 5.25. The van der Waals surface area contributed by atoms with Crippen LogP contribution in [0.3, 0.4) is 0 Å². The third-order valence-corrected chi connectivity index (χ3v) is 3.87. The van der Waals surface area contributed by atoms with E-state index in [0.717, 1.165) is 16.5 Å². The molecule has 0 N–H and O–H groups in total. The highest BCUT2D eigenvalue weighted by molar-refractivity contribution is 6.42. The van der Waals surface area contributed by atoms with Crippen LogP contribution in [0, 0.1) is 0 Å². The molecule has 3 aromatic rings. The molecule has 0 fully saturated rings. The third-order valence-electron chi connectivity index (χ3n) is 3.13. The SMILES string of the molecule is COc1nn(Cc2ccc(Cl)c(Cl)c2)c2ccccc12. The predicted molar refractivity (Wildman–Crippen MR) is 81.8 cm³/mol. The van der Waals surface area contributed by atoms with Crippen LogP contribution in [0.4, 0.5) is 0 Å². The van der Waals surface area contributed by atoms with Crippen molar-refractivity contribution in [2.24, 2.45) is 0 Å². The van der Waals surface area contributed by atoms with Gasteiger partial charge in [-0.25, -0.2) is 0 Å². The average Bonchev–Trinajstić information content (AvgIpc) is 2.81. The molecule has 1 heterocycles. The molecule has 20 heavy (non-hydrogen) atoms. The molecule has 0 aliphatic carbocycles. The molecule has 0 saturated carbocycles. The van der Waals surface area contributed by atoms with Gasteiger partial charge in [-0.05, 0) is 29.8 Å². The molecule has 5 heteroatoms. The molecule has 1 aromatic heterocycles. The summed E-state index contributed by atoms with van der Waals surface area (Å²) < 4.78 is 7.21. The fourth-order valence-electron chi connectivity index (χ4n) is 2.18. The van der Waals surface area contributed by atoms with Crippen molar-refractivity contribution in [3.05, 3.63) is 58.1 Å². The summed E-state index contributed by atoms with van der Waals surface area (Å²) in [5.41, 5.74) is 2.06. The van der Waals surface area contributed by atoms with E-state index in [9.17, 15) is 0 Å². The van der Waals surface area contributed by atoms with E-state index in [1.54, 1.807) is 13.2 Å². The lowest BCUT2D eigenvalue weighted by atomic mass is 10.2. The molecular formula is C15H12Cl2N2O. The second-order valence-electron chi connectivity index (χ2n) is 4.43. The van der Waals surface area contributed by atoms with Crippen molar-refractivity contribution in [2.45, 2.75) is 6.54 Å². The molecule has 0 atom stereocenters. The fourth-order valence-corrected chi connectivity index (χ4v) is 2.50. The number of methoxy groups -OCH3 is 1. The van der Waals surface area contributed by atoms with Crippen molar-refractivity contribution in [2.75, 3.05) is 7.11 Å². The number of rotatable bonds is 3. The fraction of sp³-hybridized carbons (Fsp3) is 0.133. The molecule has 0 bridgehead atoms. The van der Waals surface area contributed by atoms with Crippen molar-refractivity contribution in [1.82, 2.24) is 9.78 Å². The first-order chi connectivity index (χ1) is 9.69. The molecule has 3 rings (SSSR count). The molecular weight excluding hydrogens is 295 g/mol. The van der Waals surface area contributed by atoms with E-state index < -0.39 is 0 Å². The Morgan fingerprint density at radius 1 is 1.10 bits per heavy atom. The van der Waals surface area contributed by atoms with E-state index in [1.807, 2.05) is 41.1 Å². The Hall–Kier alpha value is -1.71. The Bertz CT molecular complexity index is 768. The van der Waals surface area contributed by atoms with E-state index in [-0.39, 0.29) is 0 Å².